The Balaban J connectivity index is 2.37. The van der Waals surface area contributed by atoms with E-state index in [1.54, 1.807) is 0 Å². The summed E-state index contributed by atoms with van der Waals surface area (Å²) < 4.78 is 26.3. The third-order valence-corrected chi connectivity index (χ3v) is 2.50. The summed E-state index contributed by atoms with van der Waals surface area (Å²) in [5.74, 6) is -1.96. The molecule has 0 radical (unpaired) electrons. The molecule has 1 atom stereocenters. The summed E-state index contributed by atoms with van der Waals surface area (Å²) in [6.07, 6.45) is 1.77. The molecule has 1 aliphatic rings. The minimum absolute atomic E-state index is 0.120. The second-order valence-corrected chi connectivity index (χ2v) is 3.47. The number of rotatable bonds is 1. The lowest BCUT2D eigenvalue weighted by atomic mass is 10.0. The first kappa shape index (κ1) is 9.40. The van der Waals surface area contributed by atoms with E-state index in [0.717, 1.165) is 31.5 Å². The van der Waals surface area contributed by atoms with Crippen LogP contribution in [0.2, 0.25) is 0 Å². The summed E-state index contributed by atoms with van der Waals surface area (Å²) in [4.78, 5) is 0. The van der Waals surface area contributed by atoms with Crippen LogP contribution in [-0.2, 0) is 0 Å². The van der Waals surface area contributed by atoms with E-state index in [2.05, 4.69) is 5.32 Å². The molecule has 0 unspecified atom stereocenters. The zero-order chi connectivity index (χ0) is 10.1. The van der Waals surface area contributed by atoms with Crippen LogP contribution >= 0.6 is 0 Å². The standard InChI is InChI=1S/C10H11F2NO/c11-7-5-10(14)8(12)4-6(7)9-2-1-3-13-9/h4-5,9,13-14H,1-3H2/t9-/m1/s1. The maximum atomic E-state index is 13.3. The summed E-state index contributed by atoms with van der Waals surface area (Å²) in [5.41, 5.74) is 0.304. The van der Waals surface area contributed by atoms with Crippen molar-refractivity contribution in [3.8, 4) is 5.75 Å². The quantitative estimate of drug-likeness (QED) is 0.725. The topological polar surface area (TPSA) is 32.3 Å². The lowest BCUT2D eigenvalue weighted by Crippen LogP contribution is -2.14. The van der Waals surface area contributed by atoms with Crippen LogP contribution in [0.3, 0.4) is 0 Å². The minimum Gasteiger partial charge on any atom is -0.505 e. The number of phenols is 1. The first-order chi connectivity index (χ1) is 6.68. The van der Waals surface area contributed by atoms with Gasteiger partial charge in [0.15, 0.2) is 11.6 Å². The van der Waals surface area contributed by atoms with Crippen molar-refractivity contribution in [1.82, 2.24) is 5.32 Å². The van der Waals surface area contributed by atoms with Crippen molar-refractivity contribution < 1.29 is 13.9 Å². The zero-order valence-electron chi connectivity index (χ0n) is 7.56. The van der Waals surface area contributed by atoms with Gasteiger partial charge < -0.3 is 10.4 Å². The predicted octanol–water partition coefficient (Wildman–Crippen LogP) is 2.09. The Morgan fingerprint density at radius 3 is 2.71 bits per heavy atom. The molecular formula is C10H11F2NO. The summed E-state index contributed by atoms with van der Waals surface area (Å²) in [6.45, 7) is 0.826. The lowest BCUT2D eigenvalue weighted by molar-refractivity contribution is 0.422. The molecule has 1 aliphatic heterocycles. The number of phenolic OH excluding ortho intramolecular Hbond substituents is 1. The van der Waals surface area contributed by atoms with Crippen molar-refractivity contribution in [2.75, 3.05) is 6.54 Å². The first-order valence-corrected chi connectivity index (χ1v) is 4.60. The van der Waals surface area contributed by atoms with Crippen LogP contribution in [0.1, 0.15) is 24.4 Å². The van der Waals surface area contributed by atoms with Gasteiger partial charge in [-0.3, -0.25) is 0 Å². The molecule has 2 N–H and O–H groups in total. The van der Waals surface area contributed by atoms with Crippen molar-refractivity contribution >= 4 is 0 Å². The van der Waals surface area contributed by atoms with Crippen molar-refractivity contribution in [1.29, 1.82) is 0 Å². The summed E-state index contributed by atoms with van der Waals surface area (Å²) in [6, 6.07) is 1.77. The average molecular weight is 199 g/mol. The number of benzene rings is 1. The predicted molar refractivity (Wildman–Crippen MR) is 48.0 cm³/mol. The molecule has 0 aliphatic carbocycles. The Kier molecular flexibility index (Phi) is 2.37. The Hall–Kier alpha value is -1.16. The van der Waals surface area contributed by atoms with E-state index in [1.807, 2.05) is 0 Å². The summed E-state index contributed by atoms with van der Waals surface area (Å²) >= 11 is 0. The van der Waals surface area contributed by atoms with Crippen LogP contribution in [0, 0.1) is 11.6 Å². The minimum atomic E-state index is -0.768. The highest BCUT2D eigenvalue weighted by Gasteiger charge is 2.21. The normalized spacial score (nSPS) is 21.4. The third-order valence-electron chi connectivity index (χ3n) is 2.50. The maximum Gasteiger partial charge on any atom is 0.165 e. The van der Waals surface area contributed by atoms with E-state index in [9.17, 15) is 8.78 Å². The fraction of sp³-hybridized carbons (Fsp3) is 0.400. The van der Waals surface area contributed by atoms with Crippen LogP contribution in [0.15, 0.2) is 12.1 Å². The first-order valence-electron chi connectivity index (χ1n) is 4.60. The lowest BCUT2D eigenvalue weighted by Gasteiger charge is -2.12. The van der Waals surface area contributed by atoms with Gasteiger partial charge in [-0.1, -0.05) is 0 Å². The van der Waals surface area contributed by atoms with Crippen molar-refractivity contribution in [2.24, 2.45) is 0 Å². The van der Waals surface area contributed by atoms with Gasteiger partial charge in [-0.25, -0.2) is 8.78 Å². The van der Waals surface area contributed by atoms with Gasteiger partial charge in [0.1, 0.15) is 5.82 Å². The number of hydrogen-bond acceptors (Lipinski definition) is 2. The van der Waals surface area contributed by atoms with E-state index in [1.165, 1.54) is 0 Å². The van der Waals surface area contributed by atoms with Crippen LogP contribution in [-0.4, -0.2) is 11.7 Å². The average Bonchev–Trinajstić information content (AvgIpc) is 2.64. The van der Waals surface area contributed by atoms with Gasteiger partial charge in [0.05, 0.1) is 0 Å². The molecule has 0 bridgehead atoms. The van der Waals surface area contributed by atoms with Gasteiger partial charge in [-0.05, 0) is 25.5 Å². The molecule has 1 saturated heterocycles. The van der Waals surface area contributed by atoms with Crippen LogP contribution in [0.5, 0.6) is 5.75 Å². The highest BCUT2D eigenvalue weighted by Crippen LogP contribution is 2.29. The van der Waals surface area contributed by atoms with E-state index < -0.39 is 17.4 Å². The SMILES string of the molecule is Oc1cc(F)c([C@H]2CCCN2)cc1F. The van der Waals surface area contributed by atoms with Crippen LogP contribution in [0.4, 0.5) is 8.78 Å². The van der Waals surface area contributed by atoms with Gasteiger partial charge in [0, 0.05) is 17.7 Å². The third kappa shape index (κ3) is 1.57. The molecule has 0 aromatic heterocycles. The van der Waals surface area contributed by atoms with Crippen molar-refractivity contribution in [3.05, 3.63) is 29.3 Å². The Labute approximate surface area is 80.6 Å². The number of halogens is 2. The Bertz CT molecular complexity index is 348. The van der Waals surface area contributed by atoms with Gasteiger partial charge in [0.25, 0.3) is 0 Å². The molecule has 1 aromatic rings. The molecule has 1 heterocycles. The molecule has 2 nitrogen and oxygen atoms in total. The molecule has 0 amide bonds. The molecule has 76 valence electrons. The molecule has 1 aromatic carbocycles. The molecule has 2 rings (SSSR count). The molecule has 14 heavy (non-hydrogen) atoms. The molecule has 4 heteroatoms. The second kappa shape index (κ2) is 3.53. The molecule has 1 fully saturated rings. The fourth-order valence-corrected chi connectivity index (χ4v) is 1.77. The van der Waals surface area contributed by atoms with Crippen molar-refractivity contribution in [3.63, 3.8) is 0 Å². The van der Waals surface area contributed by atoms with E-state index >= 15 is 0 Å². The number of nitrogens with one attached hydrogen (secondary N) is 1. The van der Waals surface area contributed by atoms with E-state index in [4.69, 9.17) is 5.11 Å². The van der Waals surface area contributed by atoms with E-state index in [0.29, 0.717) is 5.56 Å². The molecule has 0 saturated carbocycles. The Morgan fingerprint density at radius 1 is 1.29 bits per heavy atom. The second-order valence-electron chi connectivity index (χ2n) is 3.47. The zero-order valence-corrected chi connectivity index (χ0v) is 7.56. The molecule has 0 spiro atoms. The number of aromatic hydroxyl groups is 1. The molecular weight excluding hydrogens is 188 g/mol. The van der Waals surface area contributed by atoms with Gasteiger partial charge in [-0.2, -0.15) is 0 Å². The highest BCUT2D eigenvalue weighted by atomic mass is 19.1. The maximum absolute atomic E-state index is 13.3. The highest BCUT2D eigenvalue weighted by molar-refractivity contribution is 5.31. The Morgan fingerprint density at radius 2 is 2.07 bits per heavy atom. The fourth-order valence-electron chi connectivity index (χ4n) is 1.77. The van der Waals surface area contributed by atoms with E-state index in [-0.39, 0.29) is 6.04 Å². The van der Waals surface area contributed by atoms with Crippen LogP contribution < -0.4 is 5.32 Å². The monoisotopic (exact) mass is 199 g/mol. The largest absolute Gasteiger partial charge is 0.505 e. The number of hydrogen-bond donors (Lipinski definition) is 2. The summed E-state index contributed by atoms with van der Waals surface area (Å²) in [5, 5.41) is 12.0. The van der Waals surface area contributed by atoms with Crippen LogP contribution in [0.25, 0.3) is 0 Å². The van der Waals surface area contributed by atoms with Gasteiger partial charge in [-0.15, -0.1) is 0 Å². The van der Waals surface area contributed by atoms with Gasteiger partial charge >= 0.3 is 0 Å². The summed E-state index contributed by atoms with van der Waals surface area (Å²) in [7, 11) is 0. The van der Waals surface area contributed by atoms with Crippen molar-refractivity contribution in [2.45, 2.75) is 18.9 Å². The smallest absolute Gasteiger partial charge is 0.165 e. The van der Waals surface area contributed by atoms with Gasteiger partial charge in [0.2, 0.25) is 0 Å².